The largest absolute Gasteiger partial charge is 0.520 e. The Hall–Kier alpha value is -3.05. The van der Waals surface area contributed by atoms with Crippen LogP contribution >= 0.6 is 0 Å². The van der Waals surface area contributed by atoms with Crippen molar-refractivity contribution in [2.75, 3.05) is 13.2 Å². The lowest BCUT2D eigenvalue weighted by molar-refractivity contribution is -0.143. The first-order chi connectivity index (χ1) is 24.5. The van der Waals surface area contributed by atoms with Crippen LogP contribution in [0, 0.1) is 0 Å². The standard InChI is InChI=1S/C35H64N4O11Si4/c1-23(33(44)38-25(32(36)43)19-20-28(42)49-53(8,9)10)37-27(41)22-47-31(30(50-54(11,12)13)26(40)21-48-52(5,6)7)29(35(46)51(2,3)4)39-34(45)24-17-15-14-16-18-24/h14-18,23,25-26,29-31,40H,19-22H2,1-13H3,(H2,36,43)(H,37,41)(H,38,44)(H,39,45)/t23?,25?,26-,29-,30-,31-/m1/s1. The van der Waals surface area contributed by atoms with Gasteiger partial charge in [-0.2, -0.15) is 0 Å². The normalized spacial score (nSPS) is 15.8. The van der Waals surface area contributed by atoms with Crippen LogP contribution < -0.4 is 21.7 Å². The molecular formula is C35H64N4O11Si4. The summed E-state index contributed by atoms with van der Waals surface area (Å²) in [5, 5.41) is 19.1. The van der Waals surface area contributed by atoms with E-state index in [2.05, 4.69) is 16.0 Å². The molecule has 0 heterocycles. The second-order valence-electron chi connectivity index (χ2n) is 17.3. The van der Waals surface area contributed by atoms with Crippen LogP contribution in [0.3, 0.4) is 0 Å². The van der Waals surface area contributed by atoms with Crippen LogP contribution in [0.4, 0.5) is 0 Å². The monoisotopic (exact) mass is 828 g/mol. The van der Waals surface area contributed by atoms with Crippen molar-refractivity contribution in [2.45, 2.75) is 135 Å². The first-order valence-corrected chi connectivity index (χ1v) is 31.9. The van der Waals surface area contributed by atoms with Gasteiger partial charge in [0.1, 0.15) is 56.5 Å². The lowest BCUT2D eigenvalue weighted by atomic mass is 10.0. The van der Waals surface area contributed by atoms with Gasteiger partial charge in [-0.25, -0.2) is 0 Å². The molecule has 306 valence electrons. The number of primary amides is 1. The Bertz CT molecular complexity index is 1440. The van der Waals surface area contributed by atoms with Gasteiger partial charge in [-0.3, -0.25) is 24.0 Å². The van der Waals surface area contributed by atoms with E-state index in [0.717, 1.165) is 0 Å². The molecule has 0 aromatic heterocycles. The van der Waals surface area contributed by atoms with Crippen LogP contribution in [0.25, 0.3) is 0 Å². The molecule has 0 aliphatic carbocycles. The molecule has 0 bridgehead atoms. The topological polar surface area (TPSA) is 222 Å². The van der Waals surface area contributed by atoms with Crippen LogP contribution in [0.15, 0.2) is 30.3 Å². The lowest BCUT2D eigenvalue weighted by Gasteiger charge is -2.40. The van der Waals surface area contributed by atoms with Gasteiger partial charge in [-0.1, -0.05) is 37.8 Å². The molecule has 15 nitrogen and oxygen atoms in total. The van der Waals surface area contributed by atoms with E-state index in [1.807, 2.05) is 78.6 Å². The van der Waals surface area contributed by atoms with Gasteiger partial charge in [0.2, 0.25) is 26.0 Å². The molecule has 4 amide bonds. The van der Waals surface area contributed by atoms with Crippen LogP contribution in [-0.2, 0) is 42.0 Å². The molecule has 19 heteroatoms. The molecular weight excluding hydrogens is 765 g/mol. The molecule has 6 atom stereocenters. The summed E-state index contributed by atoms with van der Waals surface area (Å²) in [5.74, 6) is -3.46. The Kier molecular flexibility index (Phi) is 18.8. The zero-order valence-electron chi connectivity index (χ0n) is 34.3. The summed E-state index contributed by atoms with van der Waals surface area (Å²) in [6, 6.07) is 4.57. The number of amides is 4. The fourth-order valence-corrected chi connectivity index (χ4v) is 8.65. The van der Waals surface area contributed by atoms with Crippen molar-refractivity contribution in [1.82, 2.24) is 16.0 Å². The Morgan fingerprint density at radius 2 is 1.35 bits per heavy atom. The van der Waals surface area contributed by atoms with E-state index in [4.69, 9.17) is 23.7 Å². The molecule has 54 heavy (non-hydrogen) atoms. The fraction of sp³-hybridized carbons (Fsp3) is 0.657. The zero-order valence-corrected chi connectivity index (χ0v) is 38.3. The molecule has 0 saturated heterocycles. The quantitative estimate of drug-likeness (QED) is 0.101. The molecule has 0 saturated carbocycles. The maximum atomic E-state index is 14.2. The van der Waals surface area contributed by atoms with Gasteiger partial charge in [-0.05, 0) is 84.4 Å². The highest BCUT2D eigenvalue weighted by Crippen LogP contribution is 2.23. The van der Waals surface area contributed by atoms with Gasteiger partial charge in [0, 0.05) is 12.0 Å². The highest BCUT2D eigenvalue weighted by atomic mass is 28.4. The van der Waals surface area contributed by atoms with E-state index in [1.54, 1.807) is 30.3 Å². The molecule has 0 radical (unpaired) electrons. The number of carbonyl (C=O) groups excluding carboxylic acids is 6. The minimum atomic E-state index is -2.69. The number of aliphatic hydroxyl groups excluding tert-OH is 1. The van der Waals surface area contributed by atoms with E-state index >= 15 is 0 Å². The number of hydrogen-bond acceptors (Lipinski definition) is 11. The maximum Gasteiger partial charge on any atom is 0.292 e. The first-order valence-electron chi connectivity index (χ1n) is 18.1. The molecule has 1 aromatic carbocycles. The average molecular weight is 829 g/mol. The molecule has 0 fully saturated rings. The third-order valence-corrected chi connectivity index (χ3v) is 12.1. The molecule has 1 rings (SSSR count). The second kappa shape index (κ2) is 20.7. The van der Waals surface area contributed by atoms with Gasteiger partial charge >= 0.3 is 0 Å². The van der Waals surface area contributed by atoms with Crippen LogP contribution in [-0.4, -0.2) is 123 Å². The minimum Gasteiger partial charge on any atom is -0.520 e. The Labute approximate surface area is 324 Å². The van der Waals surface area contributed by atoms with Crippen molar-refractivity contribution in [1.29, 1.82) is 0 Å². The van der Waals surface area contributed by atoms with Crippen molar-refractivity contribution in [3.8, 4) is 0 Å². The van der Waals surface area contributed by atoms with Gasteiger partial charge in [-0.15, -0.1) is 0 Å². The average Bonchev–Trinajstić information content (AvgIpc) is 3.01. The van der Waals surface area contributed by atoms with Crippen molar-refractivity contribution >= 4 is 68.0 Å². The summed E-state index contributed by atoms with van der Waals surface area (Å²) in [7, 11) is -9.51. The molecule has 2 unspecified atom stereocenters. The number of nitrogens with two attached hydrogens (primary N) is 1. The van der Waals surface area contributed by atoms with E-state index in [0.29, 0.717) is 0 Å². The van der Waals surface area contributed by atoms with Crippen molar-refractivity contribution < 1.29 is 51.9 Å². The summed E-state index contributed by atoms with van der Waals surface area (Å²) in [6.45, 7) is 23.0. The molecule has 0 spiro atoms. The van der Waals surface area contributed by atoms with Crippen molar-refractivity contribution in [2.24, 2.45) is 5.73 Å². The number of benzene rings is 1. The first kappa shape index (κ1) is 49.0. The summed E-state index contributed by atoms with van der Waals surface area (Å²) >= 11 is 0. The fourth-order valence-electron chi connectivity index (χ4n) is 4.92. The van der Waals surface area contributed by atoms with E-state index in [9.17, 15) is 33.9 Å². The van der Waals surface area contributed by atoms with Crippen LogP contribution in [0.2, 0.25) is 78.6 Å². The summed E-state index contributed by atoms with van der Waals surface area (Å²) < 4.78 is 24.1. The van der Waals surface area contributed by atoms with E-state index < -0.39 is 106 Å². The summed E-state index contributed by atoms with van der Waals surface area (Å²) in [5.41, 5.74) is 5.77. The molecule has 0 aliphatic heterocycles. The molecule has 1 aromatic rings. The maximum absolute atomic E-state index is 14.2. The Balaban J connectivity index is 3.43. The predicted molar refractivity (Wildman–Crippen MR) is 217 cm³/mol. The van der Waals surface area contributed by atoms with Crippen LogP contribution in [0.5, 0.6) is 0 Å². The van der Waals surface area contributed by atoms with Gasteiger partial charge in [0.15, 0.2) is 16.6 Å². The highest BCUT2D eigenvalue weighted by molar-refractivity contribution is 7.04. The Morgan fingerprint density at radius 1 is 0.778 bits per heavy atom. The highest BCUT2D eigenvalue weighted by Gasteiger charge is 2.46. The van der Waals surface area contributed by atoms with Crippen molar-refractivity contribution in [3.63, 3.8) is 0 Å². The summed E-state index contributed by atoms with van der Waals surface area (Å²) in [4.78, 5) is 78.5. The summed E-state index contributed by atoms with van der Waals surface area (Å²) in [6.07, 6.45) is -4.15. The number of rotatable bonds is 23. The third kappa shape index (κ3) is 19.0. The van der Waals surface area contributed by atoms with Crippen LogP contribution in [0.1, 0.15) is 30.1 Å². The number of carbonyl (C=O) groups is 6. The zero-order chi connectivity index (χ0) is 41.8. The van der Waals surface area contributed by atoms with Gasteiger partial charge in [0.05, 0.1) is 6.61 Å². The van der Waals surface area contributed by atoms with Gasteiger partial charge < -0.3 is 49.6 Å². The van der Waals surface area contributed by atoms with E-state index in [1.165, 1.54) is 6.92 Å². The SMILES string of the molecule is CC(NC(=O)CO[C@@H]([C@H](O[Si](C)(C)C)[C@H](O)CO[Si](C)(C)C)[C@@H](NC(=O)c1ccccc1)C(=O)[Si](C)(C)C)C(=O)NC(CCC(=O)O[Si](C)(C)C)C(N)=O. The number of nitrogens with one attached hydrogen (secondary N) is 3. The predicted octanol–water partition coefficient (Wildman–Crippen LogP) is 2.68. The number of hydrogen-bond donors (Lipinski definition) is 5. The smallest absolute Gasteiger partial charge is 0.292 e. The lowest BCUT2D eigenvalue weighted by Crippen LogP contribution is -2.63. The van der Waals surface area contributed by atoms with Crippen molar-refractivity contribution in [3.05, 3.63) is 35.9 Å². The number of ether oxygens (including phenoxy) is 1. The number of aliphatic hydroxyl groups is 1. The van der Waals surface area contributed by atoms with E-state index in [-0.39, 0.29) is 30.4 Å². The second-order valence-corrected chi connectivity index (χ2v) is 35.7. The molecule has 6 N–H and O–H groups in total. The Morgan fingerprint density at radius 3 is 1.83 bits per heavy atom. The molecule has 0 aliphatic rings. The third-order valence-electron chi connectivity index (χ3n) is 7.45. The minimum absolute atomic E-state index is 0.0979. The van der Waals surface area contributed by atoms with Gasteiger partial charge in [0.25, 0.3) is 11.9 Å².